The van der Waals surface area contributed by atoms with Crippen LogP contribution in [0.15, 0.2) is 97.2 Å². The average molecular weight is 1140 g/mol. The van der Waals surface area contributed by atoms with Crippen LogP contribution in [0.1, 0.15) is 265 Å². The number of aliphatic hydroxyl groups is 2. The van der Waals surface area contributed by atoms with E-state index in [9.17, 15) is 34.5 Å². The van der Waals surface area contributed by atoms with Crippen LogP contribution in [-0.2, 0) is 42.9 Å². The number of carbonyl (C=O) groups excluding carboxylic acids is 3. The molecule has 1 heterocycles. The average Bonchev–Trinajstić information content (AvgIpc) is 3.54. The Kier molecular flexibility index (Phi) is 51.7. The van der Waals surface area contributed by atoms with Crippen LogP contribution >= 0.6 is 0 Å². The van der Waals surface area contributed by atoms with Crippen molar-refractivity contribution >= 4 is 23.9 Å². The Morgan fingerprint density at radius 1 is 0.420 bits per heavy atom. The number of allylic oxidation sites excluding steroid dienone is 16. The van der Waals surface area contributed by atoms with E-state index in [-0.39, 0.29) is 25.9 Å². The van der Waals surface area contributed by atoms with Crippen LogP contribution in [0.4, 0.5) is 0 Å². The normalized spacial score (nSPS) is 18.4. The number of ether oxygens (including phenoxy) is 5. The topological polar surface area (TPSA) is 175 Å². The molecule has 462 valence electrons. The second-order valence-corrected chi connectivity index (χ2v) is 21.6. The van der Waals surface area contributed by atoms with Gasteiger partial charge >= 0.3 is 23.9 Å². The summed E-state index contributed by atoms with van der Waals surface area (Å²) in [5, 5.41) is 31.6. The Balaban J connectivity index is 2.68. The summed E-state index contributed by atoms with van der Waals surface area (Å²) < 4.78 is 28.5. The molecule has 0 radical (unpaired) electrons. The van der Waals surface area contributed by atoms with Crippen molar-refractivity contribution < 1.29 is 58.2 Å². The number of hydrogen-bond donors (Lipinski definition) is 3. The van der Waals surface area contributed by atoms with Crippen molar-refractivity contribution in [3.05, 3.63) is 97.2 Å². The van der Waals surface area contributed by atoms with Crippen LogP contribution in [0, 0.1) is 0 Å². The van der Waals surface area contributed by atoms with E-state index in [0.717, 1.165) is 122 Å². The molecule has 1 fully saturated rings. The minimum absolute atomic E-state index is 0.0360. The number of carboxylic acids is 1. The Morgan fingerprint density at radius 2 is 0.778 bits per heavy atom. The quantitative estimate of drug-likeness (QED) is 0.0228. The Hall–Kier alpha value is -4.36. The lowest BCUT2D eigenvalue weighted by molar-refractivity contribution is -0.301. The molecule has 0 bridgehead atoms. The number of esters is 3. The van der Waals surface area contributed by atoms with E-state index in [1.165, 1.54) is 83.5 Å². The first-order valence-electron chi connectivity index (χ1n) is 32.2. The summed E-state index contributed by atoms with van der Waals surface area (Å²) in [7, 11) is 0. The SMILES string of the molecule is CC/C=C\C/C=C\C/C=C\C/C=C\CCCCCCCCC(=O)OC1C(OCC(COC(=O)CCCCCCCCCCCCCCCCCCC)OC(=O)CCCC/C=C\C/C=C\C/C=C\C/C=C\CC)OC(C(=O)O)C(O)C1O. The van der Waals surface area contributed by atoms with Crippen LogP contribution in [0.3, 0.4) is 0 Å². The van der Waals surface area contributed by atoms with Crippen molar-refractivity contribution in [1.82, 2.24) is 0 Å². The van der Waals surface area contributed by atoms with Crippen molar-refractivity contribution in [1.29, 1.82) is 0 Å². The number of hydrogen-bond acceptors (Lipinski definition) is 11. The second kappa shape index (κ2) is 56.1. The lowest BCUT2D eigenvalue weighted by atomic mass is 9.98. The molecule has 0 aliphatic carbocycles. The fraction of sp³-hybridized carbons (Fsp3) is 0.710. The van der Waals surface area contributed by atoms with Crippen molar-refractivity contribution in [2.45, 2.75) is 302 Å². The zero-order valence-electron chi connectivity index (χ0n) is 51.0. The van der Waals surface area contributed by atoms with Crippen molar-refractivity contribution in [3.63, 3.8) is 0 Å². The van der Waals surface area contributed by atoms with Gasteiger partial charge in [0.2, 0.25) is 0 Å². The maximum atomic E-state index is 13.2. The molecule has 0 aromatic carbocycles. The molecule has 12 heteroatoms. The molecule has 12 nitrogen and oxygen atoms in total. The Bertz CT molecular complexity index is 1780. The summed E-state index contributed by atoms with van der Waals surface area (Å²) in [5.74, 6) is -3.19. The Morgan fingerprint density at radius 3 is 1.21 bits per heavy atom. The summed E-state index contributed by atoms with van der Waals surface area (Å²) in [6.45, 7) is 5.75. The number of aliphatic hydroxyl groups excluding tert-OH is 2. The van der Waals surface area contributed by atoms with Crippen LogP contribution in [0.2, 0.25) is 0 Å². The first-order valence-corrected chi connectivity index (χ1v) is 32.2. The van der Waals surface area contributed by atoms with Gasteiger partial charge in [0.05, 0.1) is 6.61 Å². The summed E-state index contributed by atoms with van der Waals surface area (Å²) in [4.78, 5) is 51.3. The van der Waals surface area contributed by atoms with Gasteiger partial charge in [-0.2, -0.15) is 0 Å². The van der Waals surface area contributed by atoms with Gasteiger partial charge < -0.3 is 39.0 Å². The number of unbranched alkanes of at least 4 members (excludes halogenated alkanes) is 24. The third kappa shape index (κ3) is 45.8. The largest absolute Gasteiger partial charge is 0.479 e. The van der Waals surface area contributed by atoms with Crippen LogP contribution in [0.5, 0.6) is 0 Å². The molecule has 0 aromatic rings. The summed E-state index contributed by atoms with van der Waals surface area (Å²) in [6, 6.07) is 0. The lowest BCUT2D eigenvalue weighted by Gasteiger charge is -2.40. The van der Waals surface area contributed by atoms with E-state index >= 15 is 0 Å². The van der Waals surface area contributed by atoms with Gasteiger partial charge in [0, 0.05) is 19.3 Å². The van der Waals surface area contributed by atoms with Gasteiger partial charge in [-0.05, 0) is 96.3 Å². The molecule has 6 atom stereocenters. The summed E-state index contributed by atoms with van der Waals surface area (Å²) in [6.07, 6.45) is 62.2. The van der Waals surface area contributed by atoms with Crippen LogP contribution in [-0.4, -0.2) is 89.2 Å². The van der Waals surface area contributed by atoms with Crippen LogP contribution in [0.25, 0.3) is 0 Å². The molecule has 81 heavy (non-hydrogen) atoms. The fourth-order valence-corrected chi connectivity index (χ4v) is 9.29. The van der Waals surface area contributed by atoms with Crippen molar-refractivity contribution in [2.75, 3.05) is 13.2 Å². The van der Waals surface area contributed by atoms with Gasteiger partial charge in [0.25, 0.3) is 0 Å². The molecule has 0 aromatic heterocycles. The molecule has 1 aliphatic heterocycles. The highest BCUT2D eigenvalue weighted by Gasteiger charge is 2.50. The second-order valence-electron chi connectivity index (χ2n) is 21.6. The first kappa shape index (κ1) is 74.7. The Labute approximate surface area is 492 Å². The van der Waals surface area contributed by atoms with E-state index in [1.807, 2.05) is 0 Å². The van der Waals surface area contributed by atoms with Gasteiger partial charge in [-0.3, -0.25) is 14.4 Å². The monoisotopic (exact) mass is 1130 g/mol. The zero-order chi connectivity index (χ0) is 58.9. The standard InChI is InChI=1S/C69H114O12/c1-4-7-10-13-16-19-22-25-28-30-31-33-36-39-42-45-48-51-54-57-63(72)80-67-65(74)64(73)66(68(75)76)81-69(67)78-59-60(79-62(71)56-53-50-47-44-41-38-34-27-24-21-18-15-12-9-6-3)58-77-61(70)55-52-49-46-43-40-37-35-32-29-26-23-20-17-14-11-8-5-2/h7,9-10,12,16,18-19,21,25,27-28,31,33-34,41,44,60,64-67,69,73-74H,4-6,8,11,13-15,17,20,22-24,26,29-30,32,35-40,42-43,45-59H2,1-3H3,(H,75,76)/b10-7-,12-9-,19-16-,21-18-,28-25-,33-31-,34-27-,44-41-. The molecule has 0 saturated carbocycles. The smallest absolute Gasteiger partial charge is 0.335 e. The van der Waals surface area contributed by atoms with Gasteiger partial charge in [-0.25, -0.2) is 4.79 Å². The highest BCUT2D eigenvalue weighted by molar-refractivity contribution is 5.74. The molecule has 1 rings (SSSR count). The van der Waals surface area contributed by atoms with Gasteiger partial charge in [-0.15, -0.1) is 0 Å². The maximum Gasteiger partial charge on any atom is 0.335 e. The van der Waals surface area contributed by atoms with E-state index in [1.54, 1.807) is 0 Å². The molecule has 3 N–H and O–H groups in total. The molecular weight excluding hydrogens is 1020 g/mol. The highest BCUT2D eigenvalue weighted by atomic mass is 16.7. The predicted octanol–water partition coefficient (Wildman–Crippen LogP) is 17.2. The number of aliphatic carboxylic acids is 1. The fourth-order valence-electron chi connectivity index (χ4n) is 9.29. The number of rotatable bonds is 54. The van der Waals surface area contributed by atoms with Gasteiger partial charge in [-0.1, -0.05) is 246 Å². The van der Waals surface area contributed by atoms with Crippen molar-refractivity contribution in [3.8, 4) is 0 Å². The minimum Gasteiger partial charge on any atom is -0.479 e. The highest BCUT2D eigenvalue weighted by Crippen LogP contribution is 2.26. The maximum absolute atomic E-state index is 13.2. The zero-order valence-corrected chi connectivity index (χ0v) is 51.0. The molecular formula is C69H114O12. The summed E-state index contributed by atoms with van der Waals surface area (Å²) in [5.41, 5.74) is 0. The number of carboxylic acid groups (broad SMARTS) is 1. The van der Waals surface area contributed by atoms with E-state index in [2.05, 4.69) is 118 Å². The summed E-state index contributed by atoms with van der Waals surface area (Å²) >= 11 is 0. The van der Waals surface area contributed by atoms with E-state index < -0.39 is 67.3 Å². The van der Waals surface area contributed by atoms with E-state index in [4.69, 9.17) is 23.7 Å². The van der Waals surface area contributed by atoms with Crippen LogP contribution < -0.4 is 0 Å². The minimum atomic E-state index is -1.92. The lowest BCUT2D eigenvalue weighted by Crippen LogP contribution is -2.61. The number of carbonyl (C=O) groups is 4. The molecule has 0 amide bonds. The third-order valence-electron chi connectivity index (χ3n) is 14.2. The first-order chi connectivity index (χ1) is 39.6. The third-order valence-corrected chi connectivity index (χ3v) is 14.2. The van der Waals surface area contributed by atoms with Crippen molar-refractivity contribution in [2.24, 2.45) is 0 Å². The van der Waals surface area contributed by atoms with Gasteiger partial charge in [0.1, 0.15) is 18.8 Å². The molecule has 6 unspecified atom stereocenters. The molecule has 1 saturated heterocycles. The van der Waals surface area contributed by atoms with Gasteiger partial charge in [0.15, 0.2) is 24.6 Å². The molecule has 0 spiro atoms. The predicted molar refractivity (Wildman–Crippen MR) is 331 cm³/mol. The molecule has 1 aliphatic rings. The van der Waals surface area contributed by atoms with E-state index in [0.29, 0.717) is 19.3 Å².